The molecule has 1 aliphatic rings. The third kappa shape index (κ3) is 3.99. The number of hydrogen-bond donors (Lipinski definition) is 1. The van der Waals surface area contributed by atoms with Gasteiger partial charge >= 0.3 is 0 Å². The highest BCUT2D eigenvalue weighted by Crippen LogP contribution is 2.29. The number of nitrogens with one attached hydrogen (secondary N) is 1. The van der Waals surface area contributed by atoms with E-state index in [0.717, 1.165) is 29.3 Å². The first-order chi connectivity index (χ1) is 10.2. The van der Waals surface area contributed by atoms with Gasteiger partial charge < -0.3 is 10.1 Å². The number of aryl methyl sites for hydroxylation is 2. The lowest BCUT2D eigenvalue weighted by molar-refractivity contribution is -0.115. The summed E-state index contributed by atoms with van der Waals surface area (Å²) in [6.07, 6.45) is 4.93. The number of benzene rings is 1. The predicted octanol–water partition coefficient (Wildman–Crippen LogP) is 3.63. The lowest BCUT2D eigenvalue weighted by Gasteiger charge is -2.06. The second-order valence-corrected chi connectivity index (χ2v) is 6.25. The summed E-state index contributed by atoms with van der Waals surface area (Å²) >= 11 is 1.62. The van der Waals surface area contributed by atoms with Gasteiger partial charge in [-0.25, -0.2) is 4.98 Å². The maximum atomic E-state index is 12.1. The molecule has 1 heterocycles. The van der Waals surface area contributed by atoms with E-state index < -0.39 is 0 Å². The van der Waals surface area contributed by atoms with Gasteiger partial charge in [0.1, 0.15) is 5.75 Å². The van der Waals surface area contributed by atoms with Gasteiger partial charge in [-0.2, -0.15) is 0 Å². The largest absolute Gasteiger partial charge is 0.497 e. The van der Waals surface area contributed by atoms with Gasteiger partial charge in [0.25, 0.3) is 0 Å². The van der Waals surface area contributed by atoms with Gasteiger partial charge in [0.05, 0.1) is 19.2 Å². The standard InChI is InChI=1S/C16H18N2O2S.ClH/c1-20-12-8-6-11(7-9-12)10-15(19)18-16-17-13-4-2-3-5-14(13)21-16;/h6-9H,2-5,10H2,1H3,(H,17,18,19);1H. The number of hydrogen-bond acceptors (Lipinski definition) is 4. The highest BCUT2D eigenvalue weighted by Gasteiger charge is 2.16. The first-order valence-electron chi connectivity index (χ1n) is 7.16. The van der Waals surface area contributed by atoms with E-state index >= 15 is 0 Å². The fraction of sp³-hybridized carbons (Fsp3) is 0.375. The molecule has 1 N–H and O–H groups in total. The molecule has 0 saturated carbocycles. The fourth-order valence-electron chi connectivity index (χ4n) is 2.50. The summed E-state index contributed by atoms with van der Waals surface area (Å²) in [4.78, 5) is 17.9. The summed E-state index contributed by atoms with van der Waals surface area (Å²) in [6, 6.07) is 7.55. The summed E-state index contributed by atoms with van der Waals surface area (Å²) in [6.45, 7) is 0. The molecular formula is C16H19ClN2O2S. The smallest absolute Gasteiger partial charge is 0.230 e. The second-order valence-electron chi connectivity index (χ2n) is 5.17. The Kier molecular flexibility index (Phi) is 5.80. The van der Waals surface area contributed by atoms with E-state index in [2.05, 4.69) is 10.3 Å². The van der Waals surface area contributed by atoms with Crippen LogP contribution in [-0.2, 0) is 24.1 Å². The molecule has 0 radical (unpaired) electrons. The number of aromatic nitrogens is 1. The number of amides is 1. The lowest BCUT2D eigenvalue weighted by Crippen LogP contribution is -2.14. The molecule has 3 rings (SSSR count). The Morgan fingerprint density at radius 3 is 2.68 bits per heavy atom. The number of nitrogens with zero attached hydrogens (tertiary/aromatic N) is 1. The highest BCUT2D eigenvalue weighted by atomic mass is 35.5. The number of ether oxygens (including phenoxy) is 1. The fourth-order valence-corrected chi connectivity index (χ4v) is 3.56. The number of carbonyl (C=O) groups is 1. The van der Waals surface area contributed by atoms with E-state index in [1.165, 1.54) is 23.4 Å². The van der Waals surface area contributed by atoms with Crippen LogP contribution in [0, 0.1) is 0 Å². The van der Waals surface area contributed by atoms with E-state index in [9.17, 15) is 4.79 Å². The van der Waals surface area contributed by atoms with Crippen molar-refractivity contribution in [2.45, 2.75) is 32.1 Å². The average molecular weight is 339 g/mol. The molecule has 0 fully saturated rings. The van der Waals surface area contributed by atoms with Gasteiger partial charge in [0.2, 0.25) is 5.91 Å². The Labute approximate surface area is 140 Å². The zero-order valence-corrected chi connectivity index (χ0v) is 14.1. The van der Waals surface area contributed by atoms with Crippen LogP contribution in [0.15, 0.2) is 24.3 Å². The van der Waals surface area contributed by atoms with E-state index in [1.807, 2.05) is 24.3 Å². The number of thiazole rings is 1. The van der Waals surface area contributed by atoms with Crippen LogP contribution in [0.5, 0.6) is 5.75 Å². The van der Waals surface area contributed by atoms with Crippen molar-refractivity contribution in [3.63, 3.8) is 0 Å². The van der Waals surface area contributed by atoms with Crippen molar-refractivity contribution in [1.29, 1.82) is 0 Å². The highest BCUT2D eigenvalue weighted by molar-refractivity contribution is 7.15. The van der Waals surface area contributed by atoms with Crippen molar-refractivity contribution in [2.24, 2.45) is 0 Å². The second kappa shape index (κ2) is 7.61. The first kappa shape index (κ1) is 16.8. The summed E-state index contributed by atoms with van der Waals surface area (Å²) in [5.41, 5.74) is 2.14. The number of halogens is 1. The van der Waals surface area contributed by atoms with Gasteiger partial charge in [-0.3, -0.25) is 4.79 Å². The Morgan fingerprint density at radius 1 is 1.27 bits per heavy atom. The van der Waals surface area contributed by atoms with E-state index in [1.54, 1.807) is 18.4 Å². The minimum absolute atomic E-state index is 0. The van der Waals surface area contributed by atoms with Crippen LogP contribution < -0.4 is 10.1 Å². The van der Waals surface area contributed by atoms with Crippen molar-refractivity contribution in [3.05, 3.63) is 40.4 Å². The molecule has 0 aliphatic heterocycles. The van der Waals surface area contributed by atoms with Crippen LogP contribution >= 0.6 is 23.7 Å². The predicted molar refractivity (Wildman–Crippen MR) is 91.3 cm³/mol. The van der Waals surface area contributed by atoms with Crippen LogP contribution in [0.25, 0.3) is 0 Å². The molecule has 6 heteroatoms. The average Bonchev–Trinajstić information content (AvgIpc) is 2.90. The third-order valence-electron chi connectivity index (χ3n) is 3.62. The SMILES string of the molecule is COc1ccc(CC(=O)Nc2nc3c(s2)CCCC3)cc1.Cl. The number of methoxy groups -OCH3 is 1. The molecule has 0 bridgehead atoms. The van der Waals surface area contributed by atoms with Crippen LogP contribution in [0.2, 0.25) is 0 Å². The topological polar surface area (TPSA) is 51.2 Å². The summed E-state index contributed by atoms with van der Waals surface area (Å²) in [5.74, 6) is 0.776. The van der Waals surface area contributed by atoms with Crippen molar-refractivity contribution >= 4 is 34.8 Å². The molecule has 1 aromatic carbocycles. The first-order valence-corrected chi connectivity index (χ1v) is 7.97. The summed E-state index contributed by atoms with van der Waals surface area (Å²) in [7, 11) is 1.63. The zero-order valence-electron chi connectivity index (χ0n) is 12.4. The van der Waals surface area contributed by atoms with Crippen molar-refractivity contribution in [2.75, 3.05) is 12.4 Å². The van der Waals surface area contributed by atoms with Crippen LogP contribution in [-0.4, -0.2) is 18.0 Å². The Morgan fingerprint density at radius 2 is 2.00 bits per heavy atom. The van der Waals surface area contributed by atoms with Crippen LogP contribution in [0.4, 0.5) is 5.13 Å². The quantitative estimate of drug-likeness (QED) is 0.926. The Balaban J connectivity index is 0.00000176. The summed E-state index contributed by atoms with van der Waals surface area (Å²) in [5, 5.41) is 3.65. The summed E-state index contributed by atoms with van der Waals surface area (Å²) < 4.78 is 5.11. The van der Waals surface area contributed by atoms with Gasteiger partial charge in [-0.1, -0.05) is 12.1 Å². The zero-order chi connectivity index (χ0) is 14.7. The molecule has 118 valence electrons. The van der Waals surface area contributed by atoms with Crippen LogP contribution in [0.3, 0.4) is 0 Å². The number of fused-ring (bicyclic) bond motifs is 1. The lowest BCUT2D eigenvalue weighted by atomic mass is 10.0. The maximum Gasteiger partial charge on any atom is 0.230 e. The normalized spacial score (nSPS) is 13.0. The van der Waals surface area contributed by atoms with Gasteiger partial charge in [0, 0.05) is 4.88 Å². The molecule has 0 unspecified atom stereocenters. The maximum absolute atomic E-state index is 12.1. The molecule has 1 aliphatic carbocycles. The monoisotopic (exact) mass is 338 g/mol. The molecule has 1 aromatic heterocycles. The van der Waals surface area contributed by atoms with Crippen molar-refractivity contribution in [1.82, 2.24) is 4.98 Å². The molecule has 1 amide bonds. The number of anilines is 1. The minimum Gasteiger partial charge on any atom is -0.497 e. The van der Waals surface area contributed by atoms with E-state index in [0.29, 0.717) is 6.42 Å². The molecule has 0 saturated heterocycles. The Bertz CT molecular complexity index is 617. The number of carbonyl (C=O) groups excluding carboxylic acids is 1. The van der Waals surface area contributed by atoms with Gasteiger partial charge in [0.15, 0.2) is 5.13 Å². The molecule has 0 spiro atoms. The van der Waals surface area contributed by atoms with Crippen LogP contribution in [0.1, 0.15) is 29.0 Å². The molecular weight excluding hydrogens is 320 g/mol. The van der Waals surface area contributed by atoms with E-state index in [-0.39, 0.29) is 18.3 Å². The molecule has 4 nitrogen and oxygen atoms in total. The number of rotatable bonds is 4. The van der Waals surface area contributed by atoms with Crippen molar-refractivity contribution < 1.29 is 9.53 Å². The van der Waals surface area contributed by atoms with Crippen molar-refractivity contribution in [3.8, 4) is 5.75 Å². The molecule has 0 atom stereocenters. The minimum atomic E-state index is -0.0220. The molecule has 2 aromatic rings. The van der Waals surface area contributed by atoms with Gasteiger partial charge in [-0.15, -0.1) is 23.7 Å². The third-order valence-corrected chi connectivity index (χ3v) is 4.69. The molecule has 22 heavy (non-hydrogen) atoms. The van der Waals surface area contributed by atoms with E-state index in [4.69, 9.17) is 4.74 Å². The van der Waals surface area contributed by atoms with Gasteiger partial charge in [-0.05, 0) is 43.4 Å². The Hall–Kier alpha value is -1.59.